The van der Waals surface area contributed by atoms with E-state index in [9.17, 15) is 9.90 Å². The summed E-state index contributed by atoms with van der Waals surface area (Å²) in [7, 11) is 0. The molecule has 10 heteroatoms. The second-order valence-electron chi connectivity index (χ2n) is 5.55. The van der Waals surface area contributed by atoms with Crippen LogP contribution in [-0.4, -0.2) is 16.0 Å². The Hall–Kier alpha value is -3.27. The molecule has 0 unspecified atom stereocenters. The third-order valence-corrected chi connectivity index (χ3v) is 4.70. The minimum absolute atomic E-state index is 0.262. The van der Waals surface area contributed by atoms with Crippen molar-refractivity contribution >= 4 is 45.4 Å². The van der Waals surface area contributed by atoms with Gasteiger partial charge < -0.3 is 9.94 Å². The zero-order valence-electron chi connectivity index (χ0n) is 14.1. The number of carbonyl (C=O) groups is 1. The number of anilines is 1. The Morgan fingerprint density at radius 3 is 2.68 bits per heavy atom. The molecule has 0 bridgehead atoms. The fraction of sp³-hybridized carbons (Fsp3) is 0. The van der Waals surface area contributed by atoms with Crippen LogP contribution in [0, 0.1) is 0 Å². The lowest BCUT2D eigenvalue weighted by atomic mass is 10.2. The summed E-state index contributed by atoms with van der Waals surface area (Å²) in [6, 6.07) is 15.6. The average molecular weight is 414 g/mol. The van der Waals surface area contributed by atoms with Gasteiger partial charge in [0.1, 0.15) is 5.69 Å². The van der Waals surface area contributed by atoms with Crippen LogP contribution in [0.15, 0.2) is 76.2 Å². The van der Waals surface area contributed by atoms with Crippen molar-refractivity contribution in [1.29, 1.82) is 0 Å². The van der Waals surface area contributed by atoms with E-state index < -0.39 is 5.91 Å². The Bertz CT molecular complexity index is 1070. The number of amides is 1. The number of thiazole rings is 1. The number of para-hydroxylation sites is 1. The van der Waals surface area contributed by atoms with Gasteiger partial charge >= 0.3 is 5.95 Å². The molecule has 0 aliphatic carbocycles. The number of hydrazine groups is 1. The molecule has 1 aliphatic heterocycles. The Balaban J connectivity index is 1.54. The molecule has 3 aromatic rings. The van der Waals surface area contributed by atoms with Crippen LogP contribution in [0.3, 0.4) is 0 Å². The van der Waals surface area contributed by atoms with E-state index in [0.29, 0.717) is 22.0 Å². The normalized spacial score (nSPS) is 14.0. The zero-order chi connectivity index (χ0) is 19.5. The summed E-state index contributed by atoms with van der Waals surface area (Å²) in [6.07, 6.45) is 0. The summed E-state index contributed by atoms with van der Waals surface area (Å²) in [6.45, 7) is 0. The van der Waals surface area contributed by atoms with Gasteiger partial charge in [0.25, 0.3) is 5.91 Å². The van der Waals surface area contributed by atoms with E-state index in [0.717, 1.165) is 5.69 Å². The number of rotatable bonds is 4. The van der Waals surface area contributed by atoms with Gasteiger partial charge in [-0.3, -0.25) is 4.79 Å². The first-order valence-corrected chi connectivity index (χ1v) is 9.26. The molecule has 2 heterocycles. The number of hydrogen-bond donors (Lipinski definition) is 2. The van der Waals surface area contributed by atoms with Gasteiger partial charge in [-0.2, -0.15) is 0 Å². The zero-order valence-corrected chi connectivity index (χ0v) is 15.7. The van der Waals surface area contributed by atoms with Crippen molar-refractivity contribution in [3.8, 4) is 0 Å². The molecule has 140 valence electrons. The fourth-order valence-corrected chi connectivity index (χ4v) is 3.17. The van der Waals surface area contributed by atoms with E-state index in [1.165, 1.54) is 11.3 Å². The van der Waals surface area contributed by atoms with Crippen molar-refractivity contribution in [3.05, 3.63) is 82.2 Å². The fourth-order valence-electron chi connectivity index (χ4n) is 2.42. The molecule has 28 heavy (non-hydrogen) atoms. The molecule has 0 radical (unpaired) electrons. The van der Waals surface area contributed by atoms with Crippen LogP contribution in [-0.2, 0) is 4.84 Å². The van der Waals surface area contributed by atoms with E-state index in [4.69, 9.17) is 16.4 Å². The summed E-state index contributed by atoms with van der Waals surface area (Å²) in [5.41, 5.74) is 4.47. The summed E-state index contributed by atoms with van der Waals surface area (Å²) >= 11 is 6.98. The van der Waals surface area contributed by atoms with Crippen molar-refractivity contribution < 1.29 is 14.7 Å². The first kappa shape index (κ1) is 18.1. The lowest BCUT2D eigenvalue weighted by Gasteiger charge is -2.17. The maximum Gasteiger partial charge on any atom is 0.327 e. The lowest BCUT2D eigenvalue weighted by Crippen LogP contribution is -2.30. The lowest BCUT2D eigenvalue weighted by molar-refractivity contribution is 0.0461. The summed E-state index contributed by atoms with van der Waals surface area (Å²) in [5, 5.41) is 21.7. The van der Waals surface area contributed by atoms with Gasteiger partial charge in [-0.1, -0.05) is 35.4 Å². The number of carbonyl (C=O) groups excluding carboxylic acids is 1. The summed E-state index contributed by atoms with van der Waals surface area (Å²) in [5.74, 6) is -0.831. The Labute approximate surface area is 168 Å². The molecule has 0 atom stereocenters. The molecule has 0 fully saturated rings. The van der Waals surface area contributed by atoms with Crippen molar-refractivity contribution in [3.63, 3.8) is 0 Å². The highest BCUT2D eigenvalue weighted by atomic mass is 35.5. The van der Waals surface area contributed by atoms with Crippen molar-refractivity contribution in [2.75, 3.05) is 5.01 Å². The van der Waals surface area contributed by atoms with Crippen molar-refractivity contribution in [2.45, 2.75) is 0 Å². The Morgan fingerprint density at radius 2 is 1.93 bits per heavy atom. The molecule has 2 N–H and O–H groups in total. The van der Waals surface area contributed by atoms with Crippen LogP contribution in [0.2, 0.25) is 5.02 Å². The second-order valence-corrected chi connectivity index (χ2v) is 6.82. The van der Waals surface area contributed by atoms with Gasteiger partial charge in [-0.25, -0.2) is 9.99 Å². The Kier molecular flexibility index (Phi) is 5.02. The van der Waals surface area contributed by atoms with Gasteiger partial charge in [-0.05, 0) is 36.4 Å². The topological polar surface area (TPSA) is 99.4 Å². The summed E-state index contributed by atoms with van der Waals surface area (Å²) < 4.78 is 0. The molecule has 1 aromatic heterocycles. The predicted octanol–water partition coefficient (Wildman–Crippen LogP) is 4.86. The minimum atomic E-state index is -0.507. The van der Waals surface area contributed by atoms with Crippen molar-refractivity contribution in [2.24, 2.45) is 10.2 Å². The quantitative estimate of drug-likeness (QED) is 0.592. The number of aliphatic hydroxyl groups is 1. The minimum Gasteiger partial charge on any atom is -0.478 e. The maximum absolute atomic E-state index is 12.1. The molecule has 0 saturated carbocycles. The molecular weight excluding hydrogens is 402 g/mol. The van der Waals surface area contributed by atoms with Gasteiger partial charge in [-0.15, -0.1) is 21.6 Å². The van der Waals surface area contributed by atoms with Crippen LogP contribution in [0.25, 0.3) is 5.70 Å². The first-order chi connectivity index (χ1) is 13.6. The smallest absolute Gasteiger partial charge is 0.327 e. The number of aliphatic hydroxyl groups excluding tert-OH is 1. The third kappa shape index (κ3) is 3.72. The first-order valence-electron chi connectivity index (χ1n) is 8.00. The average Bonchev–Trinajstić information content (AvgIpc) is 3.33. The van der Waals surface area contributed by atoms with Crippen LogP contribution >= 0.6 is 22.9 Å². The molecular formula is C18H12ClN5O3S. The van der Waals surface area contributed by atoms with Crippen LogP contribution < -0.4 is 10.6 Å². The van der Waals surface area contributed by atoms with Gasteiger partial charge in [0.15, 0.2) is 5.70 Å². The number of aromatic nitrogens is 1. The van der Waals surface area contributed by atoms with E-state index in [-0.39, 0.29) is 11.1 Å². The monoisotopic (exact) mass is 413 g/mol. The summed E-state index contributed by atoms with van der Waals surface area (Å²) in [4.78, 5) is 21.4. The van der Waals surface area contributed by atoms with E-state index >= 15 is 0 Å². The molecule has 0 saturated heterocycles. The highest BCUT2D eigenvalue weighted by Gasteiger charge is 2.29. The molecule has 0 spiro atoms. The van der Waals surface area contributed by atoms with Gasteiger partial charge in [0.05, 0.1) is 5.69 Å². The standard InChI is InChI=1S/C18H12ClN5O3S/c19-12-8-6-11(7-9-12)16(25)21-22-18-20-14(10-28-18)15-17(26)27-23-24(15)13-4-2-1-3-5-13/h1-10,23,26H. The molecule has 4 rings (SSSR count). The third-order valence-electron chi connectivity index (χ3n) is 3.73. The predicted molar refractivity (Wildman–Crippen MR) is 105 cm³/mol. The number of nitrogens with zero attached hydrogens (tertiary/aromatic N) is 4. The number of azo groups is 1. The molecule has 2 aromatic carbocycles. The molecule has 1 amide bonds. The van der Waals surface area contributed by atoms with Crippen molar-refractivity contribution in [1.82, 2.24) is 10.6 Å². The number of nitrogens with one attached hydrogen (secondary N) is 1. The van der Waals surface area contributed by atoms with E-state index in [2.05, 4.69) is 20.8 Å². The molecule has 8 nitrogen and oxygen atoms in total. The molecule has 1 aliphatic rings. The number of benzene rings is 2. The van der Waals surface area contributed by atoms with Crippen LogP contribution in [0.5, 0.6) is 0 Å². The second kappa shape index (κ2) is 7.77. The van der Waals surface area contributed by atoms with Gasteiger partial charge in [0.2, 0.25) is 5.13 Å². The van der Waals surface area contributed by atoms with Crippen LogP contribution in [0.1, 0.15) is 16.1 Å². The number of halogens is 1. The highest BCUT2D eigenvalue weighted by Crippen LogP contribution is 2.33. The van der Waals surface area contributed by atoms with Crippen LogP contribution in [0.4, 0.5) is 10.8 Å². The van der Waals surface area contributed by atoms with E-state index in [1.807, 2.05) is 30.3 Å². The Morgan fingerprint density at radius 1 is 1.18 bits per heavy atom. The highest BCUT2D eigenvalue weighted by molar-refractivity contribution is 7.13. The SMILES string of the molecule is O=C(N=Nc1nc(C2=C(O)ONN2c2ccccc2)cs1)c1ccc(Cl)cc1. The maximum atomic E-state index is 12.1. The largest absolute Gasteiger partial charge is 0.478 e. The van der Waals surface area contributed by atoms with Gasteiger partial charge in [0, 0.05) is 16.0 Å². The number of hydrogen-bond acceptors (Lipinski definition) is 8. The van der Waals surface area contributed by atoms with E-state index in [1.54, 1.807) is 34.7 Å².